The Hall–Kier alpha value is -4.54. The van der Waals surface area contributed by atoms with Crippen molar-refractivity contribution in [2.75, 3.05) is 19.6 Å². The molecule has 4 amide bonds. The summed E-state index contributed by atoms with van der Waals surface area (Å²) in [5.41, 5.74) is 3.18. The number of rotatable bonds is 21. The van der Waals surface area contributed by atoms with Crippen molar-refractivity contribution in [2.24, 2.45) is 5.92 Å². The Morgan fingerprint density at radius 1 is 0.865 bits per heavy atom. The Morgan fingerprint density at radius 3 is 2.33 bits per heavy atom. The van der Waals surface area contributed by atoms with Crippen molar-refractivity contribution in [2.45, 2.75) is 122 Å². The van der Waals surface area contributed by atoms with E-state index in [0.29, 0.717) is 49.7 Å². The molecule has 4 atom stereocenters. The monoisotopic (exact) mass is 711 g/mol. The van der Waals surface area contributed by atoms with Crippen LogP contribution in [0.2, 0.25) is 0 Å². The molecule has 280 valence electrons. The first kappa shape index (κ1) is 38.7. The summed E-state index contributed by atoms with van der Waals surface area (Å²) in [5.74, 6) is -0.260. The Labute approximate surface area is 308 Å². The molecule has 11 heteroatoms. The van der Waals surface area contributed by atoms with Gasteiger partial charge >= 0.3 is 0 Å². The van der Waals surface area contributed by atoms with Gasteiger partial charge in [0.15, 0.2) is 0 Å². The van der Waals surface area contributed by atoms with Gasteiger partial charge in [0.25, 0.3) is 5.91 Å². The zero-order valence-corrected chi connectivity index (χ0v) is 31.0. The van der Waals surface area contributed by atoms with E-state index in [9.17, 15) is 19.2 Å². The van der Waals surface area contributed by atoms with Crippen molar-refractivity contribution in [1.82, 2.24) is 35.8 Å². The van der Waals surface area contributed by atoms with Gasteiger partial charge in [-0.05, 0) is 43.4 Å². The summed E-state index contributed by atoms with van der Waals surface area (Å²) < 4.78 is 1.58. The minimum Gasteiger partial charge on any atom is -0.354 e. The molecule has 52 heavy (non-hydrogen) atoms. The molecule has 0 spiro atoms. The molecule has 0 bridgehead atoms. The first-order valence-electron chi connectivity index (χ1n) is 19.6. The summed E-state index contributed by atoms with van der Waals surface area (Å²) in [7, 11) is 0. The topological polar surface area (TPSA) is 138 Å². The van der Waals surface area contributed by atoms with Gasteiger partial charge in [-0.15, -0.1) is 5.10 Å². The number of carbonyl (C=O) groups excluding carboxylic acids is 4. The number of benzene rings is 2. The predicted molar refractivity (Wildman–Crippen MR) is 202 cm³/mol. The standard InChI is InChI=1S/C41H57N7O4/c1-3-5-7-9-10-14-18-38(49)43-37(40(51)42-24-15-8-6-4-2)29-48-28-36(45-46-48)31-19-21-32(22-20-31)41(52)47-25-23-33(27-47)39(50)44-35-26-34(35)30-16-12-11-13-17-30/h11-13,16-17,19-22,28,33-35,37H,3-10,14-15,18,23-27,29H2,1-2H3,(H,42,51)(H,43,49)(H,44,50)/t33-,34+,35-,37-/m0/s1. The van der Waals surface area contributed by atoms with Gasteiger partial charge in [0.2, 0.25) is 17.7 Å². The zero-order chi connectivity index (χ0) is 36.7. The highest BCUT2D eigenvalue weighted by atomic mass is 16.2. The molecule has 0 unspecified atom stereocenters. The molecule has 1 aliphatic carbocycles. The summed E-state index contributed by atoms with van der Waals surface area (Å²) in [6.07, 6.45) is 14.4. The van der Waals surface area contributed by atoms with Gasteiger partial charge in [0.1, 0.15) is 11.7 Å². The number of amides is 4. The van der Waals surface area contributed by atoms with Crippen LogP contribution in [0.1, 0.15) is 119 Å². The average molecular weight is 712 g/mol. The molecule has 0 radical (unpaired) electrons. The number of hydrogen-bond acceptors (Lipinski definition) is 6. The summed E-state index contributed by atoms with van der Waals surface area (Å²) in [5, 5.41) is 17.7. The highest BCUT2D eigenvalue weighted by molar-refractivity contribution is 5.95. The van der Waals surface area contributed by atoms with Crippen LogP contribution in [0.4, 0.5) is 0 Å². The molecule has 2 heterocycles. The van der Waals surface area contributed by atoms with Gasteiger partial charge in [-0.3, -0.25) is 19.2 Å². The fourth-order valence-corrected chi connectivity index (χ4v) is 6.97. The molecular weight excluding hydrogens is 654 g/mol. The molecule has 1 saturated carbocycles. The van der Waals surface area contributed by atoms with E-state index in [2.05, 4.69) is 52.2 Å². The summed E-state index contributed by atoms with van der Waals surface area (Å²) in [6, 6.07) is 16.9. The second kappa shape index (κ2) is 19.9. The first-order valence-corrected chi connectivity index (χ1v) is 19.6. The smallest absolute Gasteiger partial charge is 0.253 e. The molecule has 3 N–H and O–H groups in total. The summed E-state index contributed by atoms with van der Waals surface area (Å²) in [4.78, 5) is 54.1. The number of likely N-dealkylation sites (tertiary alicyclic amines) is 1. The fraction of sp³-hybridized carbons (Fsp3) is 0.561. The van der Waals surface area contributed by atoms with Crippen LogP contribution in [-0.4, -0.2) is 75.2 Å². The highest BCUT2D eigenvalue weighted by Gasteiger charge is 2.41. The van der Waals surface area contributed by atoms with Crippen LogP contribution < -0.4 is 16.0 Å². The SMILES string of the molecule is CCCCCCCCC(=O)N[C@@H](Cn1cc(-c2ccc(C(=O)N3CC[C@H](C(=O)N[C@H]4C[C@@H]4c4ccccc4)C3)cc2)nn1)C(=O)NCCCCCC. The van der Waals surface area contributed by atoms with Crippen LogP contribution in [0.25, 0.3) is 11.3 Å². The number of unbranched alkanes of at least 4 members (excludes halogenated alkanes) is 8. The van der Waals surface area contributed by atoms with E-state index in [1.54, 1.807) is 27.9 Å². The third-order valence-electron chi connectivity index (χ3n) is 10.3. The van der Waals surface area contributed by atoms with Gasteiger partial charge in [0.05, 0.1) is 18.7 Å². The lowest BCUT2D eigenvalue weighted by Crippen LogP contribution is -2.49. The van der Waals surface area contributed by atoms with E-state index >= 15 is 0 Å². The van der Waals surface area contributed by atoms with E-state index in [4.69, 9.17) is 0 Å². The van der Waals surface area contributed by atoms with Gasteiger partial charge < -0.3 is 20.9 Å². The van der Waals surface area contributed by atoms with Crippen molar-refractivity contribution in [1.29, 1.82) is 0 Å². The second-order valence-corrected chi connectivity index (χ2v) is 14.5. The fourth-order valence-electron chi connectivity index (χ4n) is 6.97. The normalized spacial score (nSPS) is 18.5. The lowest BCUT2D eigenvalue weighted by molar-refractivity contribution is -0.129. The summed E-state index contributed by atoms with van der Waals surface area (Å²) in [6.45, 7) is 6.01. The first-order chi connectivity index (χ1) is 25.4. The molecule has 1 saturated heterocycles. The van der Waals surface area contributed by atoms with Crippen molar-refractivity contribution >= 4 is 23.6 Å². The Bertz CT molecular complexity index is 1590. The highest BCUT2D eigenvalue weighted by Crippen LogP contribution is 2.41. The summed E-state index contributed by atoms with van der Waals surface area (Å²) >= 11 is 0. The van der Waals surface area contributed by atoms with Crippen molar-refractivity contribution in [3.05, 3.63) is 71.9 Å². The van der Waals surface area contributed by atoms with Gasteiger partial charge in [0, 0.05) is 49.1 Å². The minimum absolute atomic E-state index is 0.0289. The molecule has 3 aromatic rings. The Balaban J connectivity index is 1.11. The lowest BCUT2D eigenvalue weighted by Gasteiger charge is -2.18. The molecule has 11 nitrogen and oxygen atoms in total. The quantitative estimate of drug-likeness (QED) is 0.116. The maximum atomic E-state index is 13.4. The molecule has 5 rings (SSSR count). The largest absolute Gasteiger partial charge is 0.354 e. The number of hydrogen-bond donors (Lipinski definition) is 3. The van der Waals surface area contributed by atoms with Crippen LogP contribution in [-0.2, 0) is 20.9 Å². The molecule has 2 aliphatic rings. The number of carbonyl (C=O) groups is 4. The molecular formula is C41H57N7O4. The van der Waals surface area contributed by atoms with Gasteiger partial charge in [-0.2, -0.15) is 0 Å². The van der Waals surface area contributed by atoms with Crippen molar-refractivity contribution in [3.63, 3.8) is 0 Å². The van der Waals surface area contributed by atoms with Crippen LogP contribution in [0.5, 0.6) is 0 Å². The van der Waals surface area contributed by atoms with Crippen LogP contribution in [0, 0.1) is 5.92 Å². The number of nitrogens with one attached hydrogen (secondary N) is 3. The third kappa shape index (κ3) is 11.5. The van der Waals surface area contributed by atoms with Crippen molar-refractivity contribution in [3.8, 4) is 11.3 Å². The maximum absolute atomic E-state index is 13.4. The van der Waals surface area contributed by atoms with E-state index in [1.165, 1.54) is 24.8 Å². The predicted octanol–water partition coefficient (Wildman–Crippen LogP) is 6.01. The minimum atomic E-state index is -0.769. The molecule has 2 fully saturated rings. The van der Waals surface area contributed by atoms with Crippen molar-refractivity contribution < 1.29 is 19.2 Å². The number of aromatic nitrogens is 3. The second-order valence-electron chi connectivity index (χ2n) is 14.5. The van der Waals surface area contributed by atoms with E-state index in [1.807, 2.05) is 30.3 Å². The van der Waals surface area contributed by atoms with Crippen LogP contribution >= 0.6 is 0 Å². The van der Waals surface area contributed by atoms with Gasteiger partial charge in [-0.25, -0.2) is 4.68 Å². The Kier molecular flexibility index (Phi) is 14.8. The lowest BCUT2D eigenvalue weighted by atomic mass is 10.1. The van der Waals surface area contributed by atoms with Crippen LogP contribution in [0.3, 0.4) is 0 Å². The molecule has 1 aromatic heterocycles. The maximum Gasteiger partial charge on any atom is 0.253 e. The van der Waals surface area contributed by atoms with E-state index in [0.717, 1.165) is 56.9 Å². The average Bonchev–Trinajstić information content (AvgIpc) is 3.50. The zero-order valence-electron chi connectivity index (χ0n) is 31.0. The van der Waals surface area contributed by atoms with Crippen LogP contribution in [0.15, 0.2) is 60.8 Å². The van der Waals surface area contributed by atoms with E-state index in [-0.39, 0.29) is 42.1 Å². The molecule has 2 aromatic carbocycles. The van der Waals surface area contributed by atoms with E-state index < -0.39 is 6.04 Å². The molecule has 1 aliphatic heterocycles. The third-order valence-corrected chi connectivity index (χ3v) is 10.3. The number of nitrogens with zero attached hydrogens (tertiary/aromatic N) is 4. The van der Waals surface area contributed by atoms with Gasteiger partial charge in [-0.1, -0.05) is 113 Å². The Morgan fingerprint density at radius 2 is 1.58 bits per heavy atom.